The minimum atomic E-state index is 0. The third-order valence-electron chi connectivity index (χ3n) is 8.29. The summed E-state index contributed by atoms with van der Waals surface area (Å²) in [6.45, 7) is 29.6. The Kier molecular flexibility index (Phi) is 21.4. The SMILES string of the molecule is C=C(CCC)NCC(C)(C)CCC(C)(C)CC.C=CN1Cc2ccccc2/C(N)=C(/NC[NH-])c2ccccc21.[CH2-]CCCC.[Y]. The van der Waals surface area contributed by atoms with Crippen molar-refractivity contribution in [2.45, 2.75) is 106 Å². The number of hydrogen-bond donors (Lipinski definition) is 3. The number of nitrogens with one attached hydrogen (secondary N) is 3. The van der Waals surface area contributed by atoms with E-state index >= 15 is 0 Å². The Hall–Kier alpha value is -2.08. The second-order valence-corrected chi connectivity index (χ2v) is 13.2. The van der Waals surface area contributed by atoms with Crippen LogP contribution in [0.5, 0.6) is 0 Å². The van der Waals surface area contributed by atoms with Crippen LogP contribution in [-0.4, -0.2) is 13.2 Å². The Labute approximate surface area is 302 Å². The number of allylic oxidation sites excluding steroid dienone is 1. The molecule has 0 unspecified atom stereocenters. The van der Waals surface area contributed by atoms with Crippen LogP contribution in [0.4, 0.5) is 5.69 Å². The van der Waals surface area contributed by atoms with E-state index in [1.807, 2.05) is 48.7 Å². The third kappa shape index (κ3) is 15.4. The number of benzene rings is 2. The monoisotopic (exact) mass is 690 g/mol. The fraction of sp³-hybridized carbons (Fsp3) is 0.513. The van der Waals surface area contributed by atoms with E-state index < -0.39 is 0 Å². The molecular formula is C39H63N5Y-2. The standard InChI is InChI=1S/C18H19N4.C16H33N.C5H11.Y/c1-2-22-11-13-7-3-4-8-14(13)17(20)18(21-12-19)15-9-5-6-10-16(15)22;1-8-10-14(3)17-13-16(6,7)12-11-15(4,5)9-2;1-3-5-4-2;/h2-10,19,21H,1,11-12,20H2;17H,3,8-13H2,1-2,4-7H3;1,3-5H2,2H3;/q-1;;-1;/b18-17-;;;. The molecule has 0 bridgehead atoms. The molecule has 1 radical (unpaired) electrons. The Balaban J connectivity index is 0.000000755. The summed E-state index contributed by atoms with van der Waals surface area (Å²) in [7, 11) is 0. The van der Waals surface area contributed by atoms with Crippen molar-refractivity contribution in [3.05, 3.63) is 103 Å². The van der Waals surface area contributed by atoms with E-state index in [1.54, 1.807) is 0 Å². The van der Waals surface area contributed by atoms with Gasteiger partial charge in [0, 0.05) is 62.6 Å². The molecule has 45 heavy (non-hydrogen) atoms. The second-order valence-electron chi connectivity index (χ2n) is 13.2. The van der Waals surface area contributed by atoms with Gasteiger partial charge in [-0.25, -0.2) is 0 Å². The zero-order valence-corrected chi connectivity index (χ0v) is 32.5. The van der Waals surface area contributed by atoms with E-state index in [-0.39, 0.29) is 39.4 Å². The zero-order chi connectivity index (χ0) is 33.2. The summed E-state index contributed by atoms with van der Waals surface area (Å²) in [5.41, 5.74) is 21.7. The van der Waals surface area contributed by atoms with Gasteiger partial charge in [0.25, 0.3) is 0 Å². The minimum absolute atomic E-state index is 0. The molecule has 1 aliphatic heterocycles. The predicted octanol–water partition coefficient (Wildman–Crippen LogP) is 10.7. The van der Waals surface area contributed by atoms with E-state index in [0.29, 0.717) is 23.1 Å². The van der Waals surface area contributed by atoms with Crippen molar-refractivity contribution in [1.29, 1.82) is 0 Å². The summed E-state index contributed by atoms with van der Waals surface area (Å²) in [6, 6.07) is 16.1. The molecule has 0 aromatic heterocycles. The van der Waals surface area contributed by atoms with E-state index in [0.717, 1.165) is 47.5 Å². The Morgan fingerprint density at radius 1 is 0.978 bits per heavy atom. The summed E-state index contributed by atoms with van der Waals surface area (Å²) in [4.78, 5) is 2.10. The van der Waals surface area contributed by atoms with Gasteiger partial charge in [-0.1, -0.05) is 136 Å². The van der Waals surface area contributed by atoms with Gasteiger partial charge >= 0.3 is 0 Å². The molecule has 0 aliphatic carbocycles. The van der Waals surface area contributed by atoms with Crippen LogP contribution in [0.3, 0.4) is 0 Å². The molecule has 0 fully saturated rings. The van der Waals surface area contributed by atoms with Crippen molar-refractivity contribution >= 4 is 17.1 Å². The molecule has 5 nitrogen and oxygen atoms in total. The van der Waals surface area contributed by atoms with Gasteiger partial charge in [-0.3, -0.25) is 0 Å². The summed E-state index contributed by atoms with van der Waals surface area (Å²) in [6.07, 6.45) is 11.6. The van der Waals surface area contributed by atoms with Crippen molar-refractivity contribution in [2.24, 2.45) is 16.6 Å². The molecule has 1 heterocycles. The number of nitrogens with two attached hydrogens (primary N) is 1. The number of anilines is 1. The molecule has 1 aliphatic rings. The molecule has 2 aromatic carbocycles. The van der Waals surface area contributed by atoms with Crippen molar-refractivity contribution in [3.63, 3.8) is 0 Å². The Bertz CT molecular complexity index is 1170. The summed E-state index contributed by atoms with van der Waals surface area (Å²) in [5, 5.41) is 6.59. The normalized spacial score (nSPS) is 14.0. The van der Waals surface area contributed by atoms with Crippen LogP contribution in [0.1, 0.15) is 117 Å². The van der Waals surface area contributed by atoms with E-state index in [2.05, 4.69) is 90.1 Å². The summed E-state index contributed by atoms with van der Waals surface area (Å²) in [5.74, 6) is 0. The van der Waals surface area contributed by atoms with E-state index in [9.17, 15) is 0 Å². The Morgan fingerprint density at radius 3 is 2.11 bits per heavy atom. The van der Waals surface area contributed by atoms with Gasteiger partial charge in [0.1, 0.15) is 0 Å². The first kappa shape index (κ1) is 42.9. The van der Waals surface area contributed by atoms with Crippen LogP contribution in [-0.2, 0) is 39.3 Å². The van der Waals surface area contributed by atoms with Crippen LogP contribution in [0, 0.1) is 17.8 Å². The van der Waals surface area contributed by atoms with Crippen molar-refractivity contribution in [3.8, 4) is 0 Å². The van der Waals surface area contributed by atoms with Crippen LogP contribution < -0.4 is 21.3 Å². The van der Waals surface area contributed by atoms with E-state index in [4.69, 9.17) is 11.5 Å². The number of unbranched alkanes of at least 4 members (excludes halogenated alkanes) is 2. The molecule has 5 N–H and O–H groups in total. The van der Waals surface area contributed by atoms with Crippen molar-refractivity contribution in [2.75, 3.05) is 18.1 Å². The molecule has 0 saturated heterocycles. The van der Waals surface area contributed by atoms with Crippen LogP contribution in [0.15, 0.2) is 73.6 Å². The molecule has 0 amide bonds. The van der Waals surface area contributed by atoms with Gasteiger partial charge < -0.3 is 33.9 Å². The predicted molar refractivity (Wildman–Crippen MR) is 197 cm³/mol. The molecule has 0 saturated carbocycles. The average Bonchev–Trinajstić information content (AvgIpc) is 3.01. The number of rotatable bonds is 14. The van der Waals surface area contributed by atoms with Crippen molar-refractivity contribution in [1.82, 2.24) is 10.6 Å². The maximum atomic E-state index is 7.54. The molecule has 0 atom stereocenters. The fourth-order valence-corrected chi connectivity index (χ4v) is 4.79. The number of hydrogen-bond acceptors (Lipinski definition) is 4. The largest absolute Gasteiger partial charge is 0.660 e. The van der Waals surface area contributed by atoms with Crippen LogP contribution in [0.2, 0.25) is 0 Å². The van der Waals surface area contributed by atoms with Gasteiger partial charge in [0.05, 0.1) is 17.1 Å². The number of nitrogens with zero attached hydrogens (tertiary/aromatic N) is 1. The minimum Gasteiger partial charge on any atom is -0.660 e. The van der Waals surface area contributed by atoms with Crippen molar-refractivity contribution < 1.29 is 32.7 Å². The molecule has 249 valence electrons. The number of fused-ring (bicyclic) bond motifs is 2. The van der Waals surface area contributed by atoms with Gasteiger partial charge in [-0.05, 0) is 47.9 Å². The molecule has 3 rings (SSSR count). The fourth-order valence-electron chi connectivity index (χ4n) is 4.79. The van der Waals surface area contributed by atoms with Gasteiger partial charge in [0.15, 0.2) is 0 Å². The second kappa shape index (κ2) is 22.5. The molecule has 0 spiro atoms. The summed E-state index contributed by atoms with van der Waals surface area (Å²) >= 11 is 0. The third-order valence-corrected chi connectivity index (χ3v) is 8.29. The number of para-hydroxylation sites is 1. The van der Waals surface area contributed by atoms with Gasteiger partial charge in [-0.15, -0.1) is 0 Å². The smallest absolute Gasteiger partial charge is 0.0658 e. The first-order chi connectivity index (χ1) is 20.9. The maximum Gasteiger partial charge on any atom is 0.0658 e. The van der Waals surface area contributed by atoms with Gasteiger partial charge in [-0.2, -0.15) is 6.42 Å². The Morgan fingerprint density at radius 2 is 1.58 bits per heavy atom. The maximum absolute atomic E-state index is 7.54. The molecule has 6 heteroatoms. The molecule has 2 aromatic rings. The van der Waals surface area contributed by atoms with Gasteiger partial charge in [0.2, 0.25) is 0 Å². The summed E-state index contributed by atoms with van der Waals surface area (Å²) < 4.78 is 0. The van der Waals surface area contributed by atoms with Crippen LogP contribution >= 0.6 is 0 Å². The average molecular weight is 691 g/mol. The quantitative estimate of drug-likeness (QED) is 0.173. The first-order valence-electron chi connectivity index (χ1n) is 16.6. The first-order valence-corrected chi connectivity index (χ1v) is 16.6. The zero-order valence-electron chi connectivity index (χ0n) is 29.7. The topological polar surface area (TPSA) is 77.1 Å². The van der Waals surface area contributed by atoms with Crippen LogP contribution in [0.25, 0.3) is 17.1 Å². The molecular weight excluding hydrogens is 627 g/mol. The van der Waals surface area contributed by atoms with E-state index in [1.165, 1.54) is 44.2 Å².